The van der Waals surface area contributed by atoms with E-state index in [2.05, 4.69) is 0 Å². The molecule has 1 aromatic rings. The minimum absolute atomic E-state index is 0.108. The Hall–Kier alpha value is -1.45. The molecule has 7 nitrogen and oxygen atoms in total. The Morgan fingerprint density at radius 3 is 2.04 bits per heavy atom. The maximum Gasteiger partial charge on any atom is 0.247 e. The van der Waals surface area contributed by atoms with Gasteiger partial charge in [-0.3, -0.25) is 4.79 Å². The van der Waals surface area contributed by atoms with E-state index in [4.69, 9.17) is 0 Å². The molecule has 0 unspecified atom stereocenters. The van der Waals surface area contributed by atoms with Gasteiger partial charge in [-0.1, -0.05) is 0 Å². The molecule has 0 aliphatic carbocycles. The summed E-state index contributed by atoms with van der Waals surface area (Å²) < 4.78 is 51.7. The van der Waals surface area contributed by atoms with Crippen LogP contribution in [0.3, 0.4) is 0 Å². The van der Waals surface area contributed by atoms with Crippen molar-refractivity contribution in [3.05, 3.63) is 24.3 Å². The summed E-state index contributed by atoms with van der Waals surface area (Å²) in [7, 11) is -7.30. The van der Waals surface area contributed by atoms with E-state index in [1.165, 1.54) is 28.6 Å². The summed E-state index contributed by atoms with van der Waals surface area (Å²) in [6.45, 7) is 4.16. The second kappa shape index (κ2) is 5.53. The summed E-state index contributed by atoms with van der Waals surface area (Å²) >= 11 is 0. The molecule has 1 aromatic carbocycles. The van der Waals surface area contributed by atoms with Crippen molar-refractivity contribution < 1.29 is 21.6 Å². The summed E-state index contributed by atoms with van der Waals surface area (Å²) in [6.07, 6.45) is 1.68. The molecule has 0 radical (unpaired) electrons. The van der Waals surface area contributed by atoms with Gasteiger partial charge in [0.2, 0.25) is 26.0 Å². The molecular weight excluding hydrogens is 352 g/mol. The highest BCUT2D eigenvalue weighted by atomic mass is 32.2. The third kappa shape index (κ3) is 2.74. The van der Waals surface area contributed by atoms with E-state index in [1.54, 1.807) is 13.8 Å². The van der Waals surface area contributed by atoms with Crippen molar-refractivity contribution in [3.63, 3.8) is 0 Å². The SMILES string of the molecule is CC1(C)CS(=O)(=O)N(c2ccc(S(=O)(=O)N3CCCC3)cc2)C1=O. The van der Waals surface area contributed by atoms with Crippen molar-refractivity contribution >= 4 is 31.6 Å². The van der Waals surface area contributed by atoms with Gasteiger partial charge in [0.25, 0.3) is 0 Å². The van der Waals surface area contributed by atoms with Gasteiger partial charge in [-0.2, -0.15) is 4.31 Å². The molecule has 0 saturated carbocycles. The molecule has 2 heterocycles. The molecule has 0 aromatic heterocycles. The lowest BCUT2D eigenvalue weighted by Gasteiger charge is -2.19. The first kappa shape index (κ1) is 17.4. The highest BCUT2D eigenvalue weighted by molar-refractivity contribution is 7.94. The van der Waals surface area contributed by atoms with Crippen LogP contribution in [0.4, 0.5) is 5.69 Å². The lowest BCUT2D eigenvalue weighted by atomic mass is 9.95. The number of hydrogen-bond donors (Lipinski definition) is 0. The molecule has 2 fully saturated rings. The number of hydrogen-bond acceptors (Lipinski definition) is 5. The molecular formula is C15H20N2O5S2. The molecule has 2 saturated heterocycles. The van der Waals surface area contributed by atoms with Crippen LogP contribution in [-0.4, -0.2) is 45.9 Å². The van der Waals surface area contributed by atoms with E-state index in [0.29, 0.717) is 13.1 Å². The molecule has 0 atom stereocenters. The molecule has 0 bridgehead atoms. The van der Waals surface area contributed by atoms with E-state index in [-0.39, 0.29) is 16.3 Å². The Bertz CT molecular complexity index is 867. The van der Waals surface area contributed by atoms with Gasteiger partial charge in [-0.25, -0.2) is 21.1 Å². The fourth-order valence-electron chi connectivity index (χ4n) is 3.09. The smallest absolute Gasteiger partial charge is 0.247 e. The van der Waals surface area contributed by atoms with Crippen molar-refractivity contribution in [2.75, 3.05) is 23.1 Å². The molecule has 0 spiro atoms. The highest BCUT2D eigenvalue weighted by Gasteiger charge is 2.49. The third-order valence-electron chi connectivity index (χ3n) is 4.36. The zero-order valence-corrected chi connectivity index (χ0v) is 15.2. The Morgan fingerprint density at radius 2 is 1.58 bits per heavy atom. The maximum absolute atomic E-state index is 12.5. The van der Waals surface area contributed by atoms with Gasteiger partial charge in [0.15, 0.2) is 0 Å². The number of sulfonamides is 2. The van der Waals surface area contributed by atoms with Crippen molar-refractivity contribution in [1.82, 2.24) is 4.31 Å². The number of carbonyl (C=O) groups is 1. The quantitative estimate of drug-likeness (QED) is 0.794. The van der Waals surface area contributed by atoms with Crippen LogP contribution >= 0.6 is 0 Å². The van der Waals surface area contributed by atoms with E-state index in [0.717, 1.165) is 17.1 Å². The highest BCUT2D eigenvalue weighted by Crippen LogP contribution is 2.36. The van der Waals surface area contributed by atoms with Crippen molar-refractivity contribution in [1.29, 1.82) is 0 Å². The van der Waals surface area contributed by atoms with Gasteiger partial charge in [0.1, 0.15) is 0 Å². The Labute approximate surface area is 142 Å². The molecule has 0 N–H and O–H groups in total. The molecule has 9 heteroatoms. The molecule has 24 heavy (non-hydrogen) atoms. The summed E-state index contributed by atoms with van der Waals surface area (Å²) in [5, 5.41) is 0. The average molecular weight is 372 g/mol. The first-order valence-corrected chi connectivity index (χ1v) is 10.8. The predicted molar refractivity (Wildman–Crippen MR) is 89.5 cm³/mol. The van der Waals surface area contributed by atoms with Crippen LogP contribution in [0.15, 0.2) is 29.2 Å². The molecule has 3 rings (SSSR count). The van der Waals surface area contributed by atoms with E-state index in [1.807, 2.05) is 0 Å². The van der Waals surface area contributed by atoms with Gasteiger partial charge >= 0.3 is 0 Å². The summed E-state index contributed by atoms with van der Waals surface area (Å²) in [5.74, 6) is -0.759. The van der Waals surface area contributed by atoms with Crippen LogP contribution in [0.1, 0.15) is 26.7 Å². The van der Waals surface area contributed by atoms with Crippen molar-refractivity contribution in [2.24, 2.45) is 5.41 Å². The Kier molecular flexibility index (Phi) is 4.01. The van der Waals surface area contributed by atoms with Gasteiger partial charge < -0.3 is 0 Å². The lowest BCUT2D eigenvalue weighted by Crippen LogP contribution is -2.33. The molecule has 132 valence electrons. The van der Waals surface area contributed by atoms with Crippen LogP contribution in [0.5, 0.6) is 0 Å². The monoisotopic (exact) mass is 372 g/mol. The van der Waals surface area contributed by atoms with E-state index >= 15 is 0 Å². The maximum atomic E-state index is 12.5. The molecule has 2 aliphatic heterocycles. The lowest BCUT2D eigenvalue weighted by molar-refractivity contribution is -0.123. The third-order valence-corrected chi connectivity index (χ3v) is 8.29. The molecule has 2 aliphatic rings. The number of benzene rings is 1. The van der Waals surface area contributed by atoms with Crippen LogP contribution in [-0.2, 0) is 24.8 Å². The second-order valence-electron chi connectivity index (χ2n) is 6.81. The standard InChI is InChI=1S/C15H20N2O5S2/c1-15(2)11-23(19,20)17(14(15)18)12-5-7-13(8-6-12)24(21,22)16-9-3-4-10-16/h5-8H,3-4,9-11H2,1-2H3. The van der Waals surface area contributed by atoms with Crippen molar-refractivity contribution in [2.45, 2.75) is 31.6 Å². The van der Waals surface area contributed by atoms with Crippen LogP contribution < -0.4 is 4.31 Å². The van der Waals surface area contributed by atoms with Crippen LogP contribution in [0, 0.1) is 5.41 Å². The minimum Gasteiger partial charge on any atom is -0.273 e. The summed E-state index contributed by atoms with van der Waals surface area (Å²) in [6, 6.07) is 5.47. The average Bonchev–Trinajstić information content (AvgIpc) is 3.05. The van der Waals surface area contributed by atoms with Gasteiger partial charge in [-0.05, 0) is 51.0 Å². The van der Waals surface area contributed by atoms with Crippen LogP contribution in [0.25, 0.3) is 0 Å². The number of carbonyl (C=O) groups excluding carboxylic acids is 1. The summed E-state index contributed by atoms with van der Waals surface area (Å²) in [4.78, 5) is 12.5. The fourth-order valence-corrected chi connectivity index (χ4v) is 6.72. The first-order valence-electron chi connectivity index (χ1n) is 7.73. The van der Waals surface area contributed by atoms with Crippen molar-refractivity contribution in [3.8, 4) is 0 Å². The summed E-state index contributed by atoms with van der Waals surface area (Å²) in [5.41, 5.74) is -0.815. The Balaban J connectivity index is 1.94. The zero-order chi connectivity index (χ0) is 17.8. The number of anilines is 1. The number of rotatable bonds is 3. The van der Waals surface area contributed by atoms with E-state index < -0.39 is 31.4 Å². The number of amides is 1. The fraction of sp³-hybridized carbons (Fsp3) is 0.533. The minimum atomic E-state index is -3.74. The Morgan fingerprint density at radius 1 is 1.04 bits per heavy atom. The van der Waals surface area contributed by atoms with E-state index in [9.17, 15) is 21.6 Å². The zero-order valence-electron chi connectivity index (χ0n) is 13.6. The number of nitrogens with zero attached hydrogens (tertiary/aromatic N) is 2. The normalized spacial score (nSPS) is 23.8. The molecule has 1 amide bonds. The largest absolute Gasteiger partial charge is 0.273 e. The first-order chi connectivity index (χ1) is 11.1. The van der Waals surface area contributed by atoms with Gasteiger partial charge in [0.05, 0.1) is 21.8 Å². The topological polar surface area (TPSA) is 91.8 Å². The predicted octanol–water partition coefficient (Wildman–Crippen LogP) is 1.17. The van der Waals surface area contributed by atoms with Gasteiger partial charge in [0, 0.05) is 13.1 Å². The van der Waals surface area contributed by atoms with Gasteiger partial charge in [-0.15, -0.1) is 0 Å². The van der Waals surface area contributed by atoms with Crippen LogP contribution in [0.2, 0.25) is 0 Å². The second-order valence-corrected chi connectivity index (χ2v) is 10.6.